The molecule has 3 heterocycles. The Balaban J connectivity index is 1.38. The van der Waals surface area contributed by atoms with Crippen LogP contribution in [0.4, 0.5) is 5.69 Å². The van der Waals surface area contributed by atoms with Crippen LogP contribution >= 0.6 is 11.3 Å². The van der Waals surface area contributed by atoms with E-state index in [0.717, 1.165) is 22.5 Å². The molecule has 7 nitrogen and oxygen atoms in total. The van der Waals surface area contributed by atoms with Gasteiger partial charge in [-0.3, -0.25) is 4.79 Å². The number of carbonyl (C=O) groups is 1. The first-order chi connectivity index (χ1) is 16.7. The summed E-state index contributed by atoms with van der Waals surface area (Å²) >= 11 is 1.08. The fraction of sp³-hybridized carbons (Fsp3) is 0.115. The van der Waals surface area contributed by atoms with Gasteiger partial charge in [-0.15, -0.1) is 11.3 Å². The van der Waals surface area contributed by atoms with Crippen molar-refractivity contribution < 1.29 is 17.6 Å². The van der Waals surface area contributed by atoms with Gasteiger partial charge in [-0.1, -0.05) is 6.07 Å². The minimum absolute atomic E-state index is 0.0604. The van der Waals surface area contributed by atoms with Crippen LogP contribution in [0, 0.1) is 13.8 Å². The number of rotatable bonds is 5. The second-order valence-electron chi connectivity index (χ2n) is 8.16. The standard InChI is InChI=1S/C26H21N3O4S2/c1-16-4-7-20(14-17(16)2)29-25(30)23(18(3)28-29)15-21-8-11-24(33-21)19-5-9-22(10-6-19)35(31,32)26-27-12-13-34-26/h4-15H,1-3H3/b23-15+. The van der Waals surface area contributed by atoms with E-state index >= 15 is 0 Å². The molecule has 5 rings (SSSR count). The number of hydrazone groups is 1. The second kappa shape index (κ2) is 8.75. The molecule has 9 heteroatoms. The van der Waals surface area contributed by atoms with Gasteiger partial charge in [-0.05, 0) is 86.5 Å². The molecule has 176 valence electrons. The first kappa shape index (κ1) is 22.9. The monoisotopic (exact) mass is 503 g/mol. The number of amides is 1. The topological polar surface area (TPSA) is 92.8 Å². The summed E-state index contributed by atoms with van der Waals surface area (Å²) in [7, 11) is -3.64. The lowest BCUT2D eigenvalue weighted by atomic mass is 10.1. The Kier molecular flexibility index (Phi) is 5.74. The van der Waals surface area contributed by atoms with Crippen molar-refractivity contribution in [2.45, 2.75) is 30.0 Å². The summed E-state index contributed by atoms with van der Waals surface area (Å²) in [6.07, 6.45) is 3.14. The van der Waals surface area contributed by atoms with Gasteiger partial charge in [-0.25, -0.2) is 13.4 Å². The molecule has 2 aromatic carbocycles. The highest BCUT2D eigenvalue weighted by Gasteiger charge is 2.29. The van der Waals surface area contributed by atoms with Crippen LogP contribution in [0.15, 0.2) is 90.5 Å². The number of benzene rings is 2. The Labute approximate surface area is 207 Å². The maximum atomic E-state index is 13.1. The Morgan fingerprint density at radius 2 is 1.74 bits per heavy atom. The lowest BCUT2D eigenvalue weighted by Gasteiger charge is -2.13. The molecule has 0 N–H and O–H groups in total. The molecule has 0 bridgehead atoms. The van der Waals surface area contributed by atoms with Gasteiger partial charge in [0.2, 0.25) is 14.2 Å². The van der Waals surface area contributed by atoms with E-state index in [0.29, 0.717) is 34.1 Å². The van der Waals surface area contributed by atoms with E-state index < -0.39 is 9.84 Å². The van der Waals surface area contributed by atoms with Crippen LogP contribution in [-0.2, 0) is 14.6 Å². The van der Waals surface area contributed by atoms with Gasteiger partial charge in [0.25, 0.3) is 5.91 Å². The van der Waals surface area contributed by atoms with Crippen LogP contribution in [0.1, 0.15) is 23.8 Å². The number of aryl methyl sites for hydroxylation is 2. The van der Waals surface area contributed by atoms with Crippen molar-refractivity contribution in [3.63, 3.8) is 0 Å². The molecule has 4 aromatic rings. The molecule has 0 unspecified atom stereocenters. The van der Waals surface area contributed by atoms with Crippen LogP contribution in [-0.4, -0.2) is 25.0 Å². The van der Waals surface area contributed by atoms with Crippen molar-refractivity contribution in [1.29, 1.82) is 0 Å². The fourth-order valence-corrected chi connectivity index (χ4v) is 5.90. The molecule has 1 aliphatic rings. The van der Waals surface area contributed by atoms with Crippen molar-refractivity contribution in [2.75, 3.05) is 5.01 Å². The van der Waals surface area contributed by atoms with Crippen molar-refractivity contribution in [1.82, 2.24) is 4.98 Å². The van der Waals surface area contributed by atoms with Crippen molar-refractivity contribution in [2.24, 2.45) is 5.10 Å². The summed E-state index contributed by atoms with van der Waals surface area (Å²) in [5.41, 5.74) is 4.72. The minimum atomic E-state index is -3.64. The van der Waals surface area contributed by atoms with Crippen LogP contribution in [0.2, 0.25) is 0 Å². The summed E-state index contributed by atoms with van der Waals surface area (Å²) in [6, 6.07) is 15.8. The molecule has 0 saturated heterocycles. The molecule has 35 heavy (non-hydrogen) atoms. The summed E-state index contributed by atoms with van der Waals surface area (Å²) in [5.74, 6) is 0.834. The van der Waals surface area contributed by atoms with Gasteiger partial charge in [0.15, 0.2) is 0 Å². The van der Waals surface area contributed by atoms with Crippen molar-refractivity contribution in [3.8, 4) is 11.3 Å². The smallest absolute Gasteiger partial charge is 0.280 e. The average molecular weight is 504 g/mol. The lowest BCUT2D eigenvalue weighted by molar-refractivity contribution is -0.114. The zero-order valence-corrected chi connectivity index (χ0v) is 20.9. The molecule has 0 fully saturated rings. The molecular weight excluding hydrogens is 482 g/mol. The molecule has 0 atom stereocenters. The van der Waals surface area contributed by atoms with Gasteiger partial charge in [0.1, 0.15) is 11.5 Å². The summed E-state index contributed by atoms with van der Waals surface area (Å²) in [6.45, 7) is 5.81. The van der Waals surface area contributed by atoms with Crippen molar-refractivity contribution >= 4 is 44.6 Å². The molecule has 0 radical (unpaired) electrons. The Bertz CT molecular complexity index is 1600. The van der Waals surface area contributed by atoms with Crippen molar-refractivity contribution in [3.05, 3.63) is 88.6 Å². The Morgan fingerprint density at radius 3 is 2.43 bits per heavy atom. The first-order valence-corrected chi connectivity index (χ1v) is 13.1. The number of nitrogens with zero attached hydrogens (tertiary/aromatic N) is 3. The number of furan rings is 1. The third-order valence-electron chi connectivity index (χ3n) is 5.80. The Morgan fingerprint density at radius 1 is 0.971 bits per heavy atom. The maximum absolute atomic E-state index is 13.1. The molecule has 0 saturated carbocycles. The van der Waals surface area contributed by atoms with Crippen LogP contribution < -0.4 is 5.01 Å². The highest BCUT2D eigenvalue weighted by Crippen LogP contribution is 2.30. The van der Waals surface area contributed by atoms with E-state index in [1.165, 1.54) is 23.3 Å². The van der Waals surface area contributed by atoms with Crippen LogP contribution in [0.5, 0.6) is 0 Å². The van der Waals surface area contributed by atoms with Gasteiger partial charge in [0.05, 0.1) is 21.9 Å². The molecule has 0 aliphatic carbocycles. The average Bonchev–Trinajstić information content (AvgIpc) is 3.60. The first-order valence-electron chi connectivity index (χ1n) is 10.8. The predicted molar refractivity (Wildman–Crippen MR) is 136 cm³/mol. The zero-order valence-electron chi connectivity index (χ0n) is 19.2. The molecule has 1 amide bonds. The van der Waals surface area contributed by atoms with Gasteiger partial charge in [-0.2, -0.15) is 10.1 Å². The SMILES string of the molecule is CC1=NN(c2ccc(C)c(C)c2)C(=O)/C1=C/c1ccc(-c2ccc(S(=O)(=O)c3nccs3)cc2)o1. The molecular formula is C26H21N3O4S2. The van der Waals surface area contributed by atoms with E-state index in [9.17, 15) is 13.2 Å². The Hall–Kier alpha value is -3.82. The van der Waals surface area contributed by atoms with E-state index in [4.69, 9.17) is 4.42 Å². The zero-order chi connectivity index (χ0) is 24.7. The highest BCUT2D eigenvalue weighted by atomic mass is 32.2. The number of carbonyl (C=O) groups excluding carboxylic acids is 1. The van der Waals surface area contributed by atoms with E-state index in [1.807, 2.05) is 32.0 Å². The van der Waals surface area contributed by atoms with Gasteiger partial charge >= 0.3 is 0 Å². The number of hydrogen-bond donors (Lipinski definition) is 0. The third-order valence-corrected chi connectivity index (χ3v) is 8.77. The number of hydrogen-bond acceptors (Lipinski definition) is 7. The van der Waals surface area contributed by atoms with Gasteiger partial charge < -0.3 is 4.42 Å². The highest BCUT2D eigenvalue weighted by molar-refractivity contribution is 7.93. The predicted octanol–water partition coefficient (Wildman–Crippen LogP) is 5.66. The van der Waals surface area contributed by atoms with E-state index in [2.05, 4.69) is 10.1 Å². The second-order valence-corrected chi connectivity index (χ2v) is 11.2. The largest absolute Gasteiger partial charge is 0.457 e. The quantitative estimate of drug-likeness (QED) is 0.328. The lowest BCUT2D eigenvalue weighted by Crippen LogP contribution is -2.21. The summed E-state index contributed by atoms with van der Waals surface area (Å²) in [4.78, 5) is 17.1. The molecule has 2 aromatic heterocycles. The van der Waals surface area contributed by atoms with Crippen LogP contribution in [0.3, 0.4) is 0 Å². The normalized spacial score (nSPS) is 15.2. The minimum Gasteiger partial charge on any atom is -0.457 e. The summed E-state index contributed by atoms with van der Waals surface area (Å²) < 4.78 is 31.3. The van der Waals surface area contributed by atoms with Gasteiger partial charge in [0, 0.05) is 17.1 Å². The number of sulfone groups is 1. The van der Waals surface area contributed by atoms with E-state index in [1.54, 1.807) is 42.6 Å². The number of aromatic nitrogens is 1. The van der Waals surface area contributed by atoms with Crippen LogP contribution in [0.25, 0.3) is 17.4 Å². The number of thiazole rings is 1. The van der Waals surface area contributed by atoms with E-state index in [-0.39, 0.29) is 15.1 Å². The third kappa shape index (κ3) is 4.24. The summed E-state index contributed by atoms with van der Waals surface area (Å²) in [5, 5.41) is 7.47. The fourth-order valence-electron chi connectivity index (χ4n) is 3.69. The molecule has 0 spiro atoms. The number of anilines is 1. The molecule has 1 aliphatic heterocycles. The maximum Gasteiger partial charge on any atom is 0.280 e.